The largest absolute Gasteiger partial charge is 0.493 e. The molecule has 9 nitrogen and oxygen atoms in total. The lowest BCUT2D eigenvalue weighted by Gasteiger charge is -2.13. The molecule has 2 N–H and O–H groups in total. The topological polar surface area (TPSA) is 133 Å². The summed E-state index contributed by atoms with van der Waals surface area (Å²) < 4.78 is 27.6. The van der Waals surface area contributed by atoms with Crippen LogP contribution < -0.4 is 9.88 Å². The highest BCUT2D eigenvalue weighted by Gasteiger charge is 2.38. The molecule has 10 heteroatoms. The van der Waals surface area contributed by atoms with Gasteiger partial charge in [0.1, 0.15) is 5.75 Å². The van der Waals surface area contributed by atoms with Crippen molar-refractivity contribution in [2.24, 2.45) is 5.14 Å². The van der Waals surface area contributed by atoms with E-state index in [4.69, 9.17) is 14.7 Å². The summed E-state index contributed by atoms with van der Waals surface area (Å²) >= 11 is 0. The van der Waals surface area contributed by atoms with Crippen LogP contribution in [0.2, 0.25) is 0 Å². The number of carbonyl (C=O) groups excluding carboxylic acids is 3. The van der Waals surface area contributed by atoms with Crippen LogP contribution in [0.3, 0.4) is 0 Å². The minimum atomic E-state index is -3.80. The standard InChI is InChI=1S/C17H14N2O7S/c18-27(23,24)12-7-5-11(6-8-12)25-10-9-15(20)26-19-16(21)13-3-1-2-4-14(13)17(19)22/h1-8H,9-10H2,(H2,18,23,24). The Labute approximate surface area is 154 Å². The fourth-order valence-corrected chi connectivity index (χ4v) is 2.89. The SMILES string of the molecule is NS(=O)(=O)c1ccc(OCCC(=O)ON2C(=O)c3ccccc3C2=O)cc1. The number of carbonyl (C=O) groups is 3. The summed E-state index contributed by atoms with van der Waals surface area (Å²) in [6.07, 6.45) is -0.232. The van der Waals surface area contributed by atoms with Gasteiger partial charge in [0.05, 0.1) is 29.1 Å². The van der Waals surface area contributed by atoms with E-state index in [1.165, 1.54) is 36.4 Å². The van der Waals surface area contributed by atoms with Gasteiger partial charge in [0.2, 0.25) is 10.0 Å². The summed E-state index contributed by atoms with van der Waals surface area (Å²) in [6.45, 7) is -0.100. The second kappa shape index (κ2) is 7.17. The maximum absolute atomic E-state index is 12.1. The van der Waals surface area contributed by atoms with Crippen LogP contribution in [-0.4, -0.2) is 37.9 Å². The zero-order valence-electron chi connectivity index (χ0n) is 13.8. The molecule has 0 spiro atoms. The fourth-order valence-electron chi connectivity index (χ4n) is 2.38. The molecule has 1 aliphatic rings. The normalized spacial score (nSPS) is 13.4. The first-order chi connectivity index (χ1) is 12.8. The smallest absolute Gasteiger partial charge is 0.336 e. The first-order valence-electron chi connectivity index (χ1n) is 7.71. The predicted octanol–water partition coefficient (Wildman–Crippen LogP) is 0.857. The molecule has 1 heterocycles. The third kappa shape index (κ3) is 3.96. The molecule has 27 heavy (non-hydrogen) atoms. The summed E-state index contributed by atoms with van der Waals surface area (Å²) in [5, 5.41) is 5.41. The molecular formula is C17H14N2O7S. The molecule has 0 bridgehead atoms. The van der Waals surface area contributed by atoms with Crippen LogP contribution >= 0.6 is 0 Å². The highest BCUT2D eigenvalue weighted by atomic mass is 32.2. The van der Waals surface area contributed by atoms with Crippen molar-refractivity contribution in [2.75, 3.05) is 6.61 Å². The van der Waals surface area contributed by atoms with Crippen molar-refractivity contribution in [3.8, 4) is 5.75 Å². The molecule has 2 aromatic rings. The van der Waals surface area contributed by atoms with E-state index in [9.17, 15) is 22.8 Å². The second-order valence-electron chi connectivity index (χ2n) is 5.53. The predicted molar refractivity (Wildman–Crippen MR) is 91.0 cm³/mol. The summed E-state index contributed by atoms with van der Waals surface area (Å²) in [5.41, 5.74) is 0.336. The second-order valence-corrected chi connectivity index (χ2v) is 7.09. The maximum atomic E-state index is 12.1. The lowest BCUT2D eigenvalue weighted by Crippen LogP contribution is -2.33. The van der Waals surface area contributed by atoms with Crippen LogP contribution in [0.25, 0.3) is 0 Å². The summed E-state index contributed by atoms with van der Waals surface area (Å²) in [4.78, 5) is 40.8. The number of amides is 2. The molecule has 0 saturated heterocycles. The van der Waals surface area contributed by atoms with Gasteiger partial charge in [0.25, 0.3) is 11.8 Å². The molecule has 0 saturated carbocycles. The van der Waals surface area contributed by atoms with Gasteiger partial charge in [0, 0.05) is 0 Å². The molecule has 0 aliphatic carbocycles. The number of ether oxygens (including phenoxy) is 1. The van der Waals surface area contributed by atoms with Gasteiger partial charge in [-0.1, -0.05) is 17.2 Å². The molecule has 140 valence electrons. The van der Waals surface area contributed by atoms with Crippen molar-refractivity contribution in [3.63, 3.8) is 0 Å². The molecule has 0 atom stereocenters. The van der Waals surface area contributed by atoms with E-state index < -0.39 is 27.8 Å². The monoisotopic (exact) mass is 390 g/mol. The van der Waals surface area contributed by atoms with Crippen LogP contribution in [0, 0.1) is 0 Å². The number of sulfonamides is 1. The van der Waals surface area contributed by atoms with Gasteiger partial charge in [-0.3, -0.25) is 9.59 Å². The van der Waals surface area contributed by atoms with E-state index in [0.29, 0.717) is 10.8 Å². The minimum absolute atomic E-state index is 0.0696. The first kappa shape index (κ1) is 18.5. The van der Waals surface area contributed by atoms with Gasteiger partial charge in [-0.15, -0.1) is 0 Å². The number of hydrogen-bond donors (Lipinski definition) is 1. The van der Waals surface area contributed by atoms with Crippen LogP contribution in [0.5, 0.6) is 5.75 Å². The number of rotatable bonds is 6. The summed E-state index contributed by atoms with van der Waals surface area (Å²) in [7, 11) is -3.80. The Kier molecular flexibility index (Phi) is 4.93. The third-order valence-electron chi connectivity index (χ3n) is 3.68. The van der Waals surface area contributed by atoms with Gasteiger partial charge >= 0.3 is 5.97 Å². The number of fused-ring (bicyclic) bond motifs is 1. The van der Waals surface area contributed by atoms with E-state index in [1.54, 1.807) is 12.1 Å². The summed E-state index contributed by atoms with van der Waals surface area (Å²) in [6, 6.07) is 11.4. The van der Waals surface area contributed by atoms with Gasteiger partial charge in [-0.2, -0.15) is 0 Å². The lowest BCUT2D eigenvalue weighted by atomic mass is 10.1. The molecule has 1 aliphatic heterocycles. The van der Waals surface area contributed by atoms with Crippen molar-refractivity contribution < 1.29 is 32.4 Å². The highest BCUT2D eigenvalue weighted by molar-refractivity contribution is 7.89. The van der Waals surface area contributed by atoms with Gasteiger partial charge in [-0.05, 0) is 36.4 Å². The summed E-state index contributed by atoms with van der Waals surface area (Å²) in [5.74, 6) is -1.92. The number of primary sulfonamides is 1. The molecular weight excluding hydrogens is 376 g/mol. The van der Waals surface area contributed by atoms with E-state index in [2.05, 4.69) is 0 Å². The number of nitrogens with zero attached hydrogens (tertiary/aromatic N) is 1. The van der Waals surface area contributed by atoms with Crippen molar-refractivity contribution in [1.29, 1.82) is 0 Å². The maximum Gasteiger partial charge on any atom is 0.336 e. The van der Waals surface area contributed by atoms with Crippen LogP contribution in [-0.2, 0) is 19.7 Å². The van der Waals surface area contributed by atoms with Crippen LogP contribution in [0.4, 0.5) is 0 Å². The molecule has 3 rings (SSSR count). The van der Waals surface area contributed by atoms with E-state index in [1.807, 2.05) is 0 Å². The Morgan fingerprint density at radius 3 is 2.04 bits per heavy atom. The molecule has 0 radical (unpaired) electrons. The Hall–Kier alpha value is -3.24. The lowest BCUT2D eigenvalue weighted by molar-refractivity contribution is -0.169. The minimum Gasteiger partial charge on any atom is -0.493 e. The Morgan fingerprint density at radius 2 is 1.52 bits per heavy atom. The number of hydroxylamine groups is 2. The average molecular weight is 390 g/mol. The Bertz CT molecular complexity index is 981. The number of benzene rings is 2. The number of imide groups is 1. The van der Waals surface area contributed by atoms with Crippen molar-refractivity contribution >= 4 is 27.8 Å². The highest BCUT2D eigenvalue weighted by Crippen LogP contribution is 2.23. The van der Waals surface area contributed by atoms with E-state index in [0.717, 1.165) is 0 Å². The molecule has 0 fully saturated rings. The van der Waals surface area contributed by atoms with E-state index >= 15 is 0 Å². The Morgan fingerprint density at radius 1 is 0.963 bits per heavy atom. The van der Waals surface area contributed by atoms with Gasteiger partial charge in [0.15, 0.2) is 0 Å². The number of hydrogen-bond acceptors (Lipinski definition) is 7. The van der Waals surface area contributed by atoms with Crippen molar-refractivity contribution in [2.45, 2.75) is 11.3 Å². The molecule has 0 unspecified atom stereocenters. The fraction of sp³-hybridized carbons (Fsp3) is 0.118. The van der Waals surface area contributed by atoms with Crippen LogP contribution in [0.1, 0.15) is 27.1 Å². The third-order valence-corrected chi connectivity index (χ3v) is 4.61. The van der Waals surface area contributed by atoms with Gasteiger partial charge < -0.3 is 9.57 Å². The van der Waals surface area contributed by atoms with Crippen LogP contribution in [0.15, 0.2) is 53.4 Å². The van der Waals surface area contributed by atoms with Crippen molar-refractivity contribution in [1.82, 2.24) is 5.06 Å². The molecule has 2 aromatic carbocycles. The quantitative estimate of drug-likeness (QED) is 0.723. The zero-order valence-corrected chi connectivity index (χ0v) is 14.6. The first-order valence-corrected chi connectivity index (χ1v) is 9.26. The Balaban J connectivity index is 1.52. The van der Waals surface area contributed by atoms with E-state index in [-0.39, 0.29) is 29.1 Å². The van der Waals surface area contributed by atoms with Crippen molar-refractivity contribution in [3.05, 3.63) is 59.7 Å². The zero-order chi connectivity index (χ0) is 19.6. The number of nitrogens with two attached hydrogens (primary N) is 1. The molecule has 2 amide bonds. The van der Waals surface area contributed by atoms with Gasteiger partial charge in [-0.25, -0.2) is 18.4 Å². The molecule has 0 aromatic heterocycles. The average Bonchev–Trinajstić information content (AvgIpc) is 2.87.